The van der Waals surface area contributed by atoms with Gasteiger partial charge in [0.25, 0.3) is 0 Å². The number of aryl methyl sites for hydroxylation is 2. The molecule has 2 heterocycles. The molecule has 6 nitrogen and oxygen atoms in total. The van der Waals surface area contributed by atoms with E-state index in [4.69, 9.17) is 9.47 Å². The van der Waals surface area contributed by atoms with Gasteiger partial charge < -0.3 is 20.1 Å². The van der Waals surface area contributed by atoms with Gasteiger partial charge in [0.1, 0.15) is 17.5 Å². The van der Waals surface area contributed by atoms with Crippen LogP contribution in [0.5, 0.6) is 11.5 Å². The second-order valence-corrected chi connectivity index (χ2v) is 6.22. The summed E-state index contributed by atoms with van der Waals surface area (Å²) < 4.78 is 10.8. The summed E-state index contributed by atoms with van der Waals surface area (Å²) >= 11 is 0. The Hall–Kier alpha value is -3.28. The Morgan fingerprint density at radius 3 is 2.50 bits per heavy atom. The molecule has 0 fully saturated rings. The molecule has 1 aliphatic rings. The average Bonchev–Trinajstić information content (AvgIpc) is 3.09. The van der Waals surface area contributed by atoms with Crippen molar-refractivity contribution in [3.05, 3.63) is 65.5 Å². The Bertz CT molecular complexity index is 926. The fourth-order valence-electron chi connectivity index (χ4n) is 2.75. The molecule has 26 heavy (non-hydrogen) atoms. The van der Waals surface area contributed by atoms with Gasteiger partial charge >= 0.3 is 0 Å². The molecule has 2 N–H and O–H groups in total. The standard InChI is InChI=1S/C20H20N4O2/c1-13-3-6-16(7-4-13)24-20-10-19(22-14(2)23-20)21-11-15-5-8-17-18(9-15)26-12-25-17/h3-10H,11-12H2,1-2H3,(H2,21,22,23,24). The molecule has 0 aliphatic carbocycles. The Morgan fingerprint density at radius 2 is 1.65 bits per heavy atom. The van der Waals surface area contributed by atoms with Crippen LogP contribution in [0.15, 0.2) is 48.5 Å². The highest BCUT2D eigenvalue weighted by Crippen LogP contribution is 2.32. The zero-order chi connectivity index (χ0) is 17.9. The molecule has 0 unspecified atom stereocenters. The molecule has 0 bridgehead atoms. The van der Waals surface area contributed by atoms with E-state index in [1.807, 2.05) is 43.3 Å². The van der Waals surface area contributed by atoms with Crippen molar-refractivity contribution in [1.82, 2.24) is 9.97 Å². The molecule has 0 atom stereocenters. The Morgan fingerprint density at radius 1 is 0.885 bits per heavy atom. The summed E-state index contributed by atoms with van der Waals surface area (Å²) in [5.41, 5.74) is 3.31. The van der Waals surface area contributed by atoms with E-state index in [0.29, 0.717) is 12.4 Å². The molecule has 0 radical (unpaired) electrons. The highest BCUT2D eigenvalue weighted by atomic mass is 16.7. The van der Waals surface area contributed by atoms with Gasteiger partial charge in [0.15, 0.2) is 11.5 Å². The van der Waals surface area contributed by atoms with E-state index in [2.05, 4.69) is 39.7 Å². The largest absolute Gasteiger partial charge is 0.454 e. The number of aromatic nitrogens is 2. The van der Waals surface area contributed by atoms with Gasteiger partial charge in [-0.2, -0.15) is 0 Å². The minimum atomic E-state index is 0.283. The number of hydrogen-bond donors (Lipinski definition) is 2. The van der Waals surface area contributed by atoms with Crippen molar-refractivity contribution in [2.75, 3.05) is 17.4 Å². The van der Waals surface area contributed by atoms with E-state index in [0.717, 1.165) is 34.4 Å². The molecule has 2 aromatic carbocycles. The summed E-state index contributed by atoms with van der Waals surface area (Å²) in [6, 6.07) is 16.0. The fraction of sp³-hybridized carbons (Fsp3) is 0.200. The maximum atomic E-state index is 5.42. The lowest BCUT2D eigenvalue weighted by Crippen LogP contribution is -2.05. The molecule has 0 amide bonds. The minimum absolute atomic E-state index is 0.283. The van der Waals surface area contributed by atoms with Gasteiger partial charge in [0.2, 0.25) is 6.79 Å². The lowest BCUT2D eigenvalue weighted by atomic mass is 10.2. The maximum absolute atomic E-state index is 5.42. The molecule has 1 aromatic heterocycles. The van der Waals surface area contributed by atoms with Crippen LogP contribution < -0.4 is 20.1 Å². The fourth-order valence-corrected chi connectivity index (χ4v) is 2.75. The minimum Gasteiger partial charge on any atom is -0.454 e. The average molecular weight is 348 g/mol. The zero-order valence-electron chi connectivity index (χ0n) is 14.7. The molecule has 4 rings (SSSR count). The summed E-state index contributed by atoms with van der Waals surface area (Å²) in [5, 5.41) is 6.66. The van der Waals surface area contributed by atoms with Crippen molar-refractivity contribution in [2.24, 2.45) is 0 Å². The molecule has 6 heteroatoms. The lowest BCUT2D eigenvalue weighted by Gasteiger charge is -2.11. The summed E-state index contributed by atoms with van der Waals surface area (Å²) in [6.45, 7) is 4.87. The predicted octanol–water partition coefficient (Wildman–Crippen LogP) is 4.18. The lowest BCUT2D eigenvalue weighted by molar-refractivity contribution is 0.174. The van der Waals surface area contributed by atoms with E-state index in [-0.39, 0.29) is 6.79 Å². The normalized spacial score (nSPS) is 12.1. The molecule has 0 saturated carbocycles. The van der Waals surface area contributed by atoms with E-state index < -0.39 is 0 Å². The van der Waals surface area contributed by atoms with Crippen LogP contribution in [0, 0.1) is 13.8 Å². The quantitative estimate of drug-likeness (QED) is 0.721. The predicted molar refractivity (Wildman–Crippen MR) is 101 cm³/mol. The van der Waals surface area contributed by atoms with E-state index in [9.17, 15) is 0 Å². The number of anilines is 3. The first-order valence-electron chi connectivity index (χ1n) is 8.47. The van der Waals surface area contributed by atoms with Crippen molar-refractivity contribution < 1.29 is 9.47 Å². The van der Waals surface area contributed by atoms with Crippen LogP contribution >= 0.6 is 0 Å². The van der Waals surface area contributed by atoms with Crippen LogP contribution in [0.4, 0.5) is 17.3 Å². The summed E-state index contributed by atoms with van der Waals surface area (Å²) in [4.78, 5) is 8.91. The number of nitrogens with one attached hydrogen (secondary N) is 2. The topological polar surface area (TPSA) is 68.3 Å². The van der Waals surface area contributed by atoms with Crippen LogP contribution in [0.2, 0.25) is 0 Å². The van der Waals surface area contributed by atoms with Crippen molar-refractivity contribution in [3.63, 3.8) is 0 Å². The number of nitrogens with zero attached hydrogens (tertiary/aromatic N) is 2. The van der Waals surface area contributed by atoms with Gasteiger partial charge in [-0.25, -0.2) is 9.97 Å². The molecule has 1 aliphatic heterocycles. The first kappa shape index (κ1) is 16.2. The first-order valence-corrected chi connectivity index (χ1v) is 8.47. The van der Waals surface area contributed by atoms with Crippen molar-refractivity contribution in [2.45, 2.75) is 20.4 Å². The maximum Gasteiger partial charge on any atom is 0.231 e. The smallest absolute Gasteiger partial charge is 0.231 e. The van der Waals surface area contributed by atoms with E-state index in [1.165, 1.54) is 5.56 Å². The summed E-state index contributed by atoms with van der Waals surface area (Å²) in [7, 11) is 0. The molecule has 0 spiro atoms. The summed E-state index contributed by atoms with van der Waals surface area (Å²) in [5.74, 6) is 3.80. The third-order valence-electron chi connectivity index (χ3n) is 4.07. The monoisotopic (exact) mass is 348 g/mol. The number of benzene rings is 2. The zero-order valence-corrected chi connectivity index (χ0v) is 14.7. The Labute approximate surface area is 152 Å². The van der Waals surface area contributed by atoms with Gasteiger partial charge in [0, 0.05) is 18.3 Å². The molecule has 3 aromatic rings. The third kappa shape index (κ3) is 3.69. The second-order valence-electron chi connectivity index (χ2n) is 6.22. The van der Waals surface area contributed by atoms with Crippen LogP contribution in [0.1, 0.15) is 17.0 Å². The Kier molecular flexibility index (Phi) is 4.31. The molecule has 0 saturated heterocycles. The van der Waals surface area contributed by atoms with Crippen molar-refractivity contribution in [3.8, 4) is 11.5 Å². The highest BCUT2D eigenvalue weighted by Gasteiger charge is 2.13. The van der Waals surface area contributed by atoms with Crippen LogP contribution in [-0.2, 0) is 6.54 Å². The first-order chi connectivity index (χ1) is 12.7. The van der Waals surface area contributed by atoms with Gasteiger partial charge in [0.05, 0.1) is 0 Å². The second kappa shape index (κ2) is 6.92. The Balaban J connectivity index is 1.46. The van der Waals surface area contributed by atoms with E-state index in [1.54, 1.807) is 0 Å². The number of fused-ring (bicyclic) bond motifs is 1. The van der Waals surface area contributed by atoms with Gasteiger partial charge in [-0.1, -0.05) is 23.8 Å². The van der Waals surface area contributed by atoms with Crippen molar-refractivity contribution in [1.29, 1.82) is 0 Å². The van der Waals surface area contributed by atoms with Crippen molar-refractivity contribution >= 4 is 17.3 Å². The van der Waals surface area contributed by atoms with E-state index >= 15 is 0 Å². The van der Waals surface area contributed by atoms with Crippen LogP contribution in [0.25, 0.3) is 0 Å². The number of rotatable bonds is 5. The molecular weight excluding hydrogens is 328 g/mol. The van der Waals surface area contributed by atoms with Gasteiger partial charge in [-0.3, -0.25) is 0 Å². The number of hydrogen-bond acceptors (Lipinski definition) is 6. The van der Waals surface area contributed by atoms with Crippen LogP contribution in [0.3, 0.4) is 0 Å². The molecular formula is C20H20N4O2. The van der Waals surface area contributed by atoms with Gasteiger partial charge in [-0.15, -0.1) is 0 Å². The van der Waals surface area contributed by atoms with Crippen LogP contribution in [-0.4, -0.2) is 16.8 Å². The summed E-state index contributed by atoms with van der Waals surface area (Å²) in [6.07, 6.45) is 0. The highest BCUT2D eigenvalue weighted by molar-refractivity contribution is 5.59. The SMILES string of the molecule is Cc1ccc(Nc2cc(NCc3ccc4c(c3)OCO4)nc(C)n2)cc1. The third-order valence-corrected chi connectivity index (χ3v) is 4.07. The molecule has 132 valence electrons. The van der Waals surface area contributed by atoms with Gasteiger partial charge in [-0.05, 0) is 43.7 Å². The number of ether oxygens (including phenoxy) is 2.